The van der Waals surface area contributed by atoms with Crippen molar-refractivity contribution >= 4 is 11.7 Å². The highest BCUT2D eigenvalue weighted by atomic mass is 16.1. The van der Waals surface area contributed by atoms with Crippen molar-refractivity contribution in [1.82, 2.24) is 5.32 Å². The predicted molar refractivity (Wildman–Crippen MR) is 62.0 cm³/mol. The van der Waals surface area contributed by atoms with Crippen LogP contribution >= 0.6 is 0 Å². The van der Waals surface area contributed by atoms with E-state index in [-0.39, 0.29) is 11.7 Å². The molecule has 0 saturated heterocycles. The summed E-state index contributed by atoms with van der Waals surface area (Å²) in [6, 6.07) is 7.09. The first-order valence-electron chi connectivity index (χ1n) is 5.20. The van der Waals surface area contributed by atoms with Crippen LogP contribution in [0, 0.1) is 0 Å². The lowest BCUT2D eigenvalue weighted by Gasteiger charge is -2.04. The number of benzene rings is 1. The van der Waals surface area contributed by atoms with Gasteiger partial charge in [0.1, 0.15) is 5.78 Å². The van der Waals surface area contributed by atoms with Crippen molar-refractivity contribution in [3.05, 3.63) is 35.4 Å². The van der Waals surface area contributed by atoms with Crippen molar-refractivity contribution in [2.45, 2.75) is 19.9 Å². The Morgan fingerprint density at radius 1 is 1.25 bits per heavy atom. The normalized spacial score (nSPS) is 9.88. The largest absolute Gasteiger partial charge is 0.352 e. The topological polar surface area (TPSA) is 72.2 Å². The van der Waals surface area contributed by atoms with E-state index in [0.29, 0.717) is 25.1 Å². The molecule has 0 spiro atoms. The van der Waals surface area contributed by atoms with Gasteiger partial charge in [-0.3, -0.25) is 9.59 Å². The zero-order valence-electron chi connectivity index (χ0n) is 9.32. The number of ketones is 1. The Kier molecular flexibility index (Phi) is 4.66. The molecule has 0 aliphatic heterocycles. The van der Waals surface area contributed by atoms with E-state index in [1.165, 1.54) is 6.92 Å². The Balaban J connectivity index is 2.49. The van der Waals surface area contributed by atoms with Crippen molar-refractivity contribution in [2.75, 3.05) is 6.54 Å². The molecule has 4 nitrogen and oxygen atoms in total. The molecular formula is C12H16N2O2. The molecule has 0 saturated carbocycles. The maximum absolute atomic E-state index is 11.6. The van der Waals surface area contributed by atoms with Gasteiger partial charge >= 0.3 is 0 Å². The molecule has 0 aliphatic rings. The van der Waals surface area contributed by atoms with Gasteiger partial charge in [0.2, 0.25) is 0 Å². The molecule has 16 heavy (non-hydrogen) atoms. The first kappa shape index (κ1) is 12.4. The number of nitrogens with one attached hydrogen (secondary N) is 1. The van der Waals surface area contributed by atoms with Crippen LogP contribution in [0.5, 0.6) is 0 Å². The minimum atomic E-state index is -0.162. The van der Waals surface area contributed by atoms with Crippen molar-refractivity contribution in [1.29, 1.82) is 0 Å². The Hall–Kier alpha value is -1.68. The molecule has 1 rings (SSSR count). The summed E-state index contributed by atoms with van der Waals surface area (Å²) >= 11 is 0. The average molecular weight is 220 g/mol. The number of Topliss-reactive ketones (excluding diaryl/α,β-unsaturated/α-hetero) is 1. The second kappa shape index (κ2) is 6.02. The van der Waals surface area contributed by atoms with Crippen LogP contribution in [0.4, 0.5) is 0 Å². The van der Waals surface area contributed by atoms with E-state index < -0.39 is 0 Å². The van der Waals surface area contributed by atoms with Crippen LogP contribution in [0.3, 0.4) is 0 Å². The van der Waals surface area contributed by atoms with Gasteiger partial charge < -0.3 is 11.1 Å². The number of nitrogens with two attached hydrogens (primary N) is 1. The van der Waals surface area contributed by atoms with Gasteiger partial charge in [0.15, 0.2) is 0 Å². The smallest absolute Gasteiger partial charge is 0.251 e. The van der Waals surface area contributed by atoms with Gasteiger partial charge in [0, 0.05) is 25.1 Å². The average Bonchev–Trinajstić information content (AvgIpc) is 2.28. The molecule has 0 atom stereocenters. The maximum atomic E-state index is 11.6. The van der Waals surface area contributed by atoms with E-state index in [1.807, 2.05) is 12.1 Å². The minimum absolute atomic E-state index is 0.0683. The van der Waals surface area contributed by atoms with E-state index in [0.717, 1.165) is 5.56 Å². The van der Waals surface area contributed by atoms with E-state index >= 15 is 0 Å². The first-order chi connectivity index (χ1) is 7.63. The summed E-state index contributed by atoms with van der Waals surface area (Å²) in [7, 11) is 0. The van der Waals surface area contributed by atoms with E-state index in [9.17, 15) is 9.59 Å². The van der Waals surface area contributed by atoms with Crippen LogP contribution in [0.25, 0.3) is 0 Å². The van der Waals surface area contributed by atoms with Crippen LogP contribution < -0.4 is 11.1 Å². The fraction of sp³-hybridized carbons (Fsp3) is 0.333. The lowest BCUT2D eigenvalue weighted by molar-refractivity contribution is -0.116. The number of hydrogen-bond acceptors (Lipinski definition) is 3. The molecule has 0 aliphatic carbocycles. The summed E-state index contributed by atoms with van der Waals surface area (Å²) < 4.78 is 0. The van der Waals surface area contributed by atoms with Crippen molar-refractivity contribution < 1.29 is 9.59 Å². The Bertz CT molecular complexity index is 371. The van der Waals surface area contributed by atoms with E-state index in [2.05, 4.69) is 5.32 Å². The quantitative estimate of drug-likeness (QED) is 0.772. The standard InChI is InChI=1S/C12H16N2O2/c1-9(15)6-7-14-12(16)11-4-2-10(8-13)3-5-11/h2-5H,6-8,13H2,1H3,(H,14,16). The van der Waals surface area contributed by atoms with Crippen LogP contribution in [0.2, 0.25) is 0 Å². The lowest BCUT2D eigenvalue weighted by Crippen LogP contribution is -2.25. The van der Waals surface area contributed by atoms with Crippen molar-refractivity contribution in [2.24, 2.45) is 5.73 Å². The fourth-order valence-electron chi connectivity index (χ4n) is 1.25. The molecular weight excluding hydrogens is 204 g/mol. The van der Waals surface area contributed by atoms with E-state index in [4.69, 9.17) is 5.73 Å². The SMILES string of the molecule is CC(=O)CCNC(=O)c1ccc(CN)cc1. The maximum Gasteiger partial charge on any atom is 0.251 e. The summed E-state index contributed by atoms with van der Waals surface area (Å²) in [4.78, 5) is 22.3. The van der Waals surface area contributed by atoms with Gasteiger partial charge in [-0.05, 0) is 24.6 Å². The Morgan fingerprint density at radius 3 is 2.38 bits per heavy atom. The summed E-state index contributed by atoms with van der Waals surface area (Å²) in [5.41, 5.74) is 7.02. The molecule has 1 amide bonds. The predicted octanol–water partition coefficient (Wildman–Crippen LogP) is 0.854. The number of carbonyl (C=O) groups is 2. The fourth-order valence-corrected chi connectivity index (χ4v) is 1.25. The summed E-state index contributed by atoms with van der Waals surface area (Å²) in [5.74, 6) is -0.0939. The van der Waals surface area contributed by atoms with Gasteiger partial charge in [0.25, 0.3) is 5.91 Å². The first-order valence-corrected chi connectivity index (χ1v) is 5.20. The molecule has 0 aromatic heterocycles. The monoisotopic (exact) mass is 220 g/mol. The number of amides is 1. The molecule has 0 heterocycles. The third kappa shape index (κ3) is 3.82. The molecule has 4 heteroatoms. The van der Waals surface area contributed by atoms with Gasteiger partial charge in [-0.15, -0.1) is 0 Å². The molecule has 0 fully saturated rings. The number of hydrogen-bond donors (Lipinski definition) is 2. The third-order valence-electron chi connectivity index (χ3n) is 2.21. The Morgan fingerprint density at radius 2 is 1.88 bits per heavy atom. The summed E-state index contributed by atoms with van der Waals surface area (Å²) in [5, 5.41) is 2.68. The third-order valence-corrected chi connectivity index (χ3v) is 2.21. The zero-order valence-corrected chi connectivity index (χ0v) is 9.32. The summed E-state index contributed by atoms with van der Waals surface area (Å²) in [6.45, 7) is 2.35. The molecule has 0 radical (unpaired) electrons. The van der Waals surface area contributed by atoms with Crippen molar-refractivity contribution in [3.63, 3.8) is 0 Å². The second-order valence-electron chi connectivity index (χ2n) is 3.61. The van der Waals surface area contributed by atoms with E-state index in [1.54, 1.807) is 12.1 Å². The molecule has 3 N–H and O–H groups in total. The molecule has 1 aromatic carbocycles. The Labute approximate surface area is 94.8 Å². The summed E-state index contributed by atoms with van der Waals surface area (Å²) in [6.07, 6.45) is 0.368. The highest BCUT2D eigenvalue weighted by molar-refractivity contribution is 5.94. The van der Waals surface area contributed by atoms with Crippen LogP contribution in [-0.4, -0.2) is 18.2 Å². The van der Waals surface area contributed by atoms with Crippen LogP contribution in [0.1, 0.15) is 29.3 Å². The molecule has 86 valence electrons. The second-order valence-corrected chi connectivity index (χ2v) is 3.61. The van der Waals surface area contributed by atoms with Gasteiger partial charge in [-0.25, -0.2) is 0 Å². The highest BCUT2D eigenvalue weighted by Gasteiger charge is 2.04. The zero-order chi connectivity index (χ0) is 12.0. The van der Waals surface area contributed by atoms with Crippen molar-refractivity contribution in [3.8, 4) is 0 Å². The van der Waals surface area contributed by atoms with Gasteiger partial charge in [0.05, 0.1) is 0 Å². The molecule has 0 unspecified atom stereocenters. The lowest BCUT2D eigenvalue weighted by atomic mass is 10.1. The number of carbonyl (C=O) groups excluding carboxylic acids is 2. The molecule has 0 bridgehead atoms. The number of rotatable bonds is 5. The minimum Gasteiger partial charge on any atom is -0.352 e. The highest BCUT2D eigenvalue weighted by Crippen LogP contribution is 2.03. The van der Waals surface area contributed by atoms with Crippen LogP contribution in [0.15, 0.2) is 24.3 Å². The van der Waals surface area contributed by atoms with Gasteiger partial charge in [-0.2, -0.15) is 0 Å². The van der Waals surface area contributed by atoms with Gasteiger partial charge in [-0.1, -0.05) is 12.1 Å². The molecule has 1 aromatic rings. The van der Waals surface area contributed by atoms with Crippen LogP contribution in [-0.2, 0) is 11.3 Å².